The van der Waals surface area contributed by atoms with Crippen LogP contribution in [0.25, 0.3) is 0 Å². The molecule has 10 heteroatoms. The molecular weight excluding hydrogens is 325 g/mol. The lowest BCUT2D eigenvalue weighted by atomic mass is 10.1. The maximum Gasteiger partial charge on any atom is 0.433 e. The summed E-state index contributed by atoms with van der Waals surface area (Å²) >= 11 is 0. The van der Waals surface area contributed by atoms with Crippen molar-refractivity contribution in [3.8, 4) is 0 Å². The molecule has 0 saturated carbocycles. The van der Waals surface area contributed by atoms with Crippen molar-refractivity contribution in [2.75, 3.05) is 18.4 Å². The number of likely N-dealkylation sites (tertiary alicyclic amines) is 1. The van der Waals surface area contributed by atoms with Gasteiger partial charge in [0.15, 0.2) is 5.82 Å². The zero-order valence-electron chi connectivity index (χ0n) is 13.0. The van der Waals surface area contributed by atoms with Crippen molar-refractivity contribution in [3.05, 3.63) is 29.8 Å². The van der Waals surface area contributed by atoms with Crippen molar-refractivity contribution in [2.45, 2.75) is 38.5 Å². The SMILES string of the molecule is Cc1nc(CN2CCC(Nc3cc(C(F)(F)F)ncn3)CC2)no1. The first kappa shape index (κ1) is 16.6. The Bertz CT molecular complexity index is 681. The molecule has 0 bridgehead atoms. The molecule has 0 amide bonds. The highest BCUT2D eigenvalue weighted by molar-refractivity contribution is 5.36. The summed E-state index contributed by atoms with van der Waals surface area (Å²) < 4.78 is 42.9. The number of hydrogen-bond acceptors (Lipinski definition) is 7. The average Bonchev–Trinajstić information content (AvgIpc) is 2.94. The van der Waals surface area contributed by atoms with Crippen LogP contribution in [0.3, 0.4) is 0 Å². The van der Waals surface area contributed by atoms with Gasteiger partial charge in [0.1, 0.15) is 17.8 Å². The van der Waals surface area contributed by atoms with Gasteiger partial charge in [0.05, 0.1) is 6.54 Å². The number of nitrogens with one attached hydrogen (secondary N) is 1. The van der Waals surface area contributed by atoms with Crippen LogP contribution in [-0.4, -0.2) is 44.1 Å². The van der Waals surface area contributed by atoms with Crippen molar-refractivity contribution < 1.29 is 17.7 Å². The standard InChI is InChI=1S/C14H17F3N6O/c1-9-20-13(22-24-9)7-23-4-2-10(3-5-23)21-12-6-11(14(15,16)17)18-8-19-12/h6,8,10H,2-5,7H2,1H3,(H,18,19,21). The molecule has 2 aromatic heterocycles. The summed E-state index contributed by atoms with van der Waals surface area (Å²) in [5, 5.41) is 6.92. The van der Waals surface area contributed by atoms with Gasteiger partial charge in [0.2, 0.25) is 5.89 Å². The molecule has 3 rings (SSSR count). The van der Waals surface area contributed by atoms with Crippen LogP contribution in [0.1, 0.15) is 30.3 Å². The van der Waals surface area contributed by atoms with Crippen LogP contribution in [0.2, 0.25) is 0 Å². The van der Waals surface area contributed by atoms with Crippen molar-refractivity contribution in [1.29, 1.82) is 0 Å². The number of aromatic nitrogens is 4. The lowest BCUT2D eigenvalue weighted by Gasteiger charge is -2.31. The predicted molar refractivity (Wildman–Crippen MR) is 78.0 cm³/mol. The minimum Gasteiger partial charge on any atom is -0.367 e. The molecule has 24 heavy (non-hydrogen) atoms. The fraction of sp³-hybridized carbons (Fsp3) is 0.571. The monoisotopic (exact) mass is 342 g/mol. The van der Waals surface area contributed by atoms with Gasteiger partial charge in [-0.25, -0.2) is 9.97 Å². The van der Waals surface area contributed by atoms with E-state index in [0.717, 1.165) is 38.3 Å². The van der Waals surface area contributed by atoms with Crippen LogP contribution in [0.4, 0.5) is 19.0 Å². The third-order valence-corrected chi connectivity index (χ3v) is 3.83. The maximum absolute atomic E-state index is 12.7. The molecule has 0 radical (unpaired) electrons. The highest BCUT2D eigenvalue weighted by Gasteiger charge is 2.33. The summed E-state index contributed by atoms with van der Waals surface area (Å²) in [5.74, 6) is 1.37. The third kappa shape index (κ3) is 4.19. The first-order valence-electron chi connectivity index (χ1n) is 7.57. The fourth-order valence-electron chi connectivity index (χ4n) is 2.64. The van der Waals surface area contributed by atoms with Crippen molar-refractivity contribution >= 4 is 5.82 Å². The van der Waals surface area contributed by atoms with E-state index >= 15 is 0 Å². The molecule has 1 aliphatic rings. The van der Waals surface area contributed by atoms with E-state index in [9.17, 15) is 13.2 Å². The van der Waals surface area contributed by atoms with E-state index in [1.807, 2.05) is 0 Å². The molecular formula is C14H17F3N6O. The Hall–Kier alpha value is -2.23. The Morgan fingerprint density at radius 1 is 1.29 bits per heavy atom. The number of nitrogens with zero attached hydrogens (tertiary/aromatic N) is 5. The molecule has 7 nitrogen and oxygen atoms in total. The minimum atomic E-state index is -4.47. The summed E-state index contributed by atoms with van der Waals surface area (Å²) in [6.45, 7) is 3.93. The normalized spacial score (nSPS) is 17.2. The summed E-state index contributed by atoms with van der Waals surface area (Å²) in [5.41, 5.74) is -0.940. The zero-order valence-corrected chi connectivity index (χ0v) is 13.0. The highest BCUT2D eigenvalue weighted by Crippen LogP contribution is 2.28. The molecule has 130 valence electrons. The number of rotatable bonds is 4. The third-order valence-electron chi connectivity index (χ3n) is 3.83. The number of piperidine rings is 1. The quantitative estimate of drug-likeness (QED) is 0.913. The molecule has 2 aromatic rings. The molecule has 0 unspecified atom stereocenters. The molecule has 0 aliphatic carbocycles. The van der Waals surface area contributed by atoms with Crippen LogP contribution in [0, 0.1) is 6.92 Å². The van der Waals surface area contributed by atoms with E-state index in [4.69, 9.17) is 4.52 Å². The van der Waals surface area contributed by atoms with Crippen LogP contribution in [0.15, 0.2) is 16.9 Å². The number of halogens is 3. The van der Waals surface area contributed by atoms with Gasteiger partial charge in [-0.2, -0.15) is 18.2 Å². The number of anilines is 1. The van der Waals surface area contributed by atoms with Gasteiger partial charge >= 0.3 is 6.18 Å². The summed E-state index contributed by atoms with van der Waals surface area (Å²) in [6, 6.07) is 1.01. The van der Waals surface area contributed by atoms with E-state index in [1.54, 1.807) is 6.92 Å². The minimum absolute atomic E-state index is 0.0734. The Kier molecular flexibility index (Phi) is 4.65. The molecule has 1 aliphatic heterocycles. The topological polar surface area (TPSA) is 80.0 Å². The molecule has 0 atom stereocenters. The van der Waals surface area contributed by atoms with Crippen LogP contribution in [0.5, 0.6) is 0 Å². The van der Waals surface area contributed by atoms with Crippen molar-refractivity contribution in [1.82, 2.24) is 25.0 Å². The van der Waals surface area contributed by atoms with E-state index in [2.05, 4.69) is 30.3 Å². The first-order chi connectivity index (χ1) is 11.4. The van der Waals surface area contributed by atoms with E-state index < -0.39 is 11.9 Å². The summed E-state index contributed by atoms with van der Waals surface area (Å²) in [7, 11) is 0. The van der Waals surface area contributed by atoms with Crippen LogP contribution in [-0.2, 0) is 12.7 Å². The highest BCUT2D eigenvalue weighted by atomic mass is 19.4. The van der Waals surface area contributed by atoms with Gasteiger partial charge in [-0.15, -0.1) is 0 Å². The second kappa shape index (κ2) is 6.71. The number of hydrogen-bond donors (Lipinski definition) is 1. The van der Waals surface area contributed by atoms with Gasteiger partial charge in [0, 0.05) is 32.1 Å². The van der Waals surface area contributed by atoms with Gasteiger partial charge in [0.25, 0.3) is 0 Å². The fourth-order valence-corrected chi connectivity index (χ4v) is 2.64. The summed E-state index contributed by atoms with van der Waals surface area (Å²) in [6.07, 6.45) is -1.95. The van der Waals surface area contributed by atoms with Gasteiger partial charge < -0.3 is 9.84 Å². The van der Waals surface area contributed by atoms with E-state index in [0.29, 0.717) is 18.3 Å². The van der Waals surface area contributed by atoms with E-state index in [-0.39, 0.29) is 11.9 Å². The van der Waals surface area contributed by atoms with Gasteiger partial charge in [-0.1, -0.05) is 5.16 Å². The van der Waals surface area contributed by atoms with E-state index in [1.165, 1.54) is 0 Å². The first-order valence-corrected chi connectivity index (χ1v) is 7.57. The van der Waals surface area contributed by atoms with Gasteiger partial charge in [-0.3, -0.25) is 4.90 Å². The van der Waals surface area contributed by atoms with Gasteiger partial charge in [-0.05, 0) is 12.8 Å². The molecule has 0 aromatic carbocycles. The number of aryl methyl sites for hydroxylation is 1. The Labute approximate surface area is 136 Å². The lowest BCUT2D eigenvalue weighted by Crippen LogP contribution is -2.39. The molecule has 1 fully saturated rings. The Balaban J connectivity index is 1.52. The van der Waals surface area contributed by atoms with Crippen LogP contribution >= 0.6 is 0 Å². The average molecular weight is 342 g/mol. The predicted octanol–water partition coefficient (Wildman–Crippen LogP) is 2.26. The summed E-state index contributed by atoms with van der Waals surface area (Å²) in [4.78, 5) is 13.5. The smallest absolute Gasteiger partial charge is 0.367 e. The number of alkyl halides is 3. The van der Waals surface area contributed by atoms with Crippen LogP contribution < -0.4 is 5.32 Å². The maximum atomic E-state index is 12.7. The second-order valence-electron chi connectivity index (χ2n) is 5.71. The molecule has 1 N–H and O–H groups in total. The lowest BCUT2D eigenvalue weighted by molar-refractivity contribution is -0.141. The van der Waals surface area contributed by atoms with Crippen molar-refractivity contribution in [2.24, 2.45) is 0 Å². The molecule has 3 heterocycles. The molecule has 1 saturated heterocycles. The molecule has 0 spiro atoms. The largest absolute Gasteiger partial charge is 0.433 e. The second-order valence-corrected chi connectivity index (χ2v) is 5.71. The zero-order chi connectivity index (χ0) is 17.2. The Morgan fingerprint density at radius 2 is 2.04 bits per heavy atom. The Morgan fingerprint density at radius 3 is 2.67 bits per heavy atom. The van der Waals surface area contributed by atoms with Crippen molar-refractivity contribution in [3.63, 3.8) is 0 Å².